The van der Waals surface area contributed by atoms with Crippen LogP contribution in [0.5, 0.6) is 0 Å². The van der Waals surface area contributed by atoms with Crippen molar-refractivity contribution in [1.82, 2.24) is 5.32 Å². The molecule has 1 saturated carbocycles. The Morgan fingerprint density at radius 1 is 1.27 bits per heavy atom. The maximum absolute atomic E-state index is 15.1. The number of hydrogen-bond acceptors (Lipinski definition) is 4. The summed E-state index contributed by atoms with van der Waals surface area (Å²) < 4.78 is 28.8. The third-order valence-electron chi connectivity index (χ3n) is 5.56. The smallest absolute Gasteiger partial charge is 0.253 e. The fourth-order valence-corrected chi connectivity index (χ4v) is 3.98. The fourth-order valence-electron chi connectivity index (χ4n) is 3.98. The highest BCUT2D eigenvalue weighted by Crippen LogP contribution is 2.37. The third-order valence-corrected chi connectivity index (χ3v) is 5.56. The molecule has 0 aromatic heterocycles. The van der Waals surface area contributed by atoms with Crippen molar-refractivity contribution < 1.29 is 13.6 Å². The Morgan fingerprint density at radius 2 is 1.96 bits per heavy atom. The predicted octanol–water partition coefficient (Wildman–Crippen LogP) is 3.31. The Morgan fingerprint density at radius 3 is 2.54 bits per heavy atom. The number of rotatable bonds is 4. The average Bonchev–Trinajstić information content (AvgIpc) is 3.02. The lowest BCUT2D eigenvalue weighted by atomic mass is 9.87. The van der Waals surface area contributed by atoms with Gasteiger partial charge in [0.15, 0.2) is 5.82 Å². The molecule has 1 saturated heterocycles. The molecule has 1 aromatic rings. The first-order valence-electron chi connectivity index (χ1n) is 9.40. The van der Waals surface area contributed by atoms with Crippen LogP contribution in [0, 0.1) is 11.7 Å². The van der Waals surface area contributed by atoms with Gasteiger partial charge >= 0.3 is 0 Å². The number of benzene rings is 1. The van der Waals surface area contributed by atoms with Gasteiger partial charge in [-0.15, -0.1) is 0 Å². The number of nitrogen functional groups attached to an aromatic ring is 1. The highest BCUT2D eigenvalue weighted by atomic mass is 19.1. The predicted molar refractivity (Wildman–Crippen MR) is 101 cm³/mol. The molecule has 144 valence electrons. The lowest BCUT2D eigenvalue weighted by Gasteiger charge is -2.28. The van der Waals surface area contributed by atoms with Crippen molar-refractivity contribution in [2.24, 2.45) is 5.92 Å². The van der Waals surface area contributed by atoms with E-state index in [9.17, 15) is 9.18 Å². The van der Waals surface area contributed by atoms with Crippen LogP contribution >= 0.6 is 0 Å². The SMILES string of the molecule is CNc1c(N)cc(C(=O)NC2CCC(C)CC2)c(N2CC[C@@H](F)C2)c1F. The summed E-state index contributed by atoms with van der Waals surface area (Å²) in [6.45, 7) is 2.68. The molecule has 1 aliphatic heterocycles. The summed E-state index contributed by atoms with van der Waals surface area (Å²) in [6, 6.07) is 1.59. The van der Waals surface area contributed by atoms with Gasteiger partial charge in [-0.25, -0.2) is 8.78 Å². The van der Waals surface area contributed by atoms with Gasteiger partial charge in [-0.2, -0.15) is 0 Å². The van der Waals surface area contributed by atoms with Crippen LogP contribution in [0.3, 0.4) is 0 Å². The van der Waals surface area contributed by atoms with Gasteiger partial charge in [0, 0.05) is 26.2 Å². The van der Waals surface area contributed by atoms with Crippen LogP contribution in [-0.2, 0) is 0 Å². The van der Waals surface area contributed by atoms with E-state index in [0.29, 0.717) is 18.9 Å². The first-order valence-corrected chi connectivity index (χ1v) is 9.40. The van der Waals surface area contributed by atoms with Crippen molar-refractivity contribution in [3.05, 3.63) is 17.4 Å². The average molecular weight is 366 g/mol. The molecule has 1 aromatic carbocycles. The van der Waals surface area contributed by atoms with Crippen molar-refractivity contribution >= 4 is 23.0 Å². The van der Waals surface area contributed by atoms with Gasteiger partial charge in [0.25, 0.3) is 5.91 Å². The van der Waals surface area contributed by atoms with Gasteiger partial charge in [-0.1, -0.05) is 6.92 Å². The minimum absolute atomic E-state index is 0.0885. The molecule has 2 aliphatic rings. The van der Waals surface area contributed by atoms with Crippen LogP contribution < -0.4 is 21.3 Å². The molecule has 5 nitrogen and oxygen atoms in total. The lowest BCUT2D eigenvalue weighted by molar-refractivity contribution is 0.0923. The molecule has 0 spiro atoms. The van der Waals surface area contributed by atoms with E-state index in [-0.39, 0.29) is 41.1 Å². The summed E-state index contributed by atoms with van der Waals surface area (Å²) in [5, 5.41) is 5.76. The molecule has 1 heterocycles. The van der Waals surface area contributed by atoms with Crippen LogP contribution in [-0.4, -0.2) is 38.3 Å². The van der Waals surface area contributed by atoms with Crippen LogP contribution in [0.2, 0.25) is 0 Å². The number of carbonyl (C=O) groups is 1. The largest absolute Gasteiger partial charge is 0.397 e. The first kappa shape index (κ1) is 18.7. The Bertz CT molecular complexity index is 674. The molecular formula is C19H28F2N4O. The number of alkyl halides is 1. The van der Waals surface area contributed by atoms with Crippen molar-refractivity contribution in [2.45, 2.75) is 51.2 Å². The first-order chi connectivity index (χ1) is 12.4. The number of hydrogen-bond donors (Lipinski definition) is 3. The maximum atomic E-state index is 15.1. The van der Waals surface area contributed by atoms with Crippen LogP contribution in [0.25, 0.3) is 0 Å². The van der Waals surface area contributed by atoms with Gasteiger partial charge in [-0.3, -0.25) is 4.79 Å². The standard InChI is InChI=1S/C19H28F2N4O/c1-11-3-5-13(6-4-11)24-19(26)14-9-15(22)17(23-2)16(21)18(14)25-8-7-12(20)10-25/h9,11-13,23H,3-8,10,22H2,1-2H3,(H,24,26)/t11?,12-,13?/m1/s1. The zero-order chi connectivity index (χ0) is 18.8. The van der Waals surface area contributed by atoms with Gasteiger partial charge in [-0.05, 0) is 44.1 Å². The quantitative estimate of drug-likeness (QED) is 0.715. The molecular weight excluding hydrogens is 338 g/mol. The van der Waals surface area contributed by atoms with E-state index < -0.39 is 12.0 Å². The molecule has 26 heavy (non-hydrogen) atoms. The molecule has 1 aliphatic carbocycles. The number of nitrogens with zero attached hydrogens (tertiary/aromatic N) is 1. The molecule has 3 rings (SSSR count). The van der Waals surface area contributed by atoms with Crippen molar-refractivity contribution in [3.8, 4) is 0 Å². The molecule has 0 bridgehead atoms. The molecule has 7 heteroatoms. The second-order valence-electron chi connectivity index (χ2n) is 7.56. The summed E-state index contributed by atoms with van der Waals surface area (Å²) in [5.74, 6) is -0.257. The van der Waals surface area contributed by atoms with Crippen LogP contribution in [0.15, 0.2) is 6.07 Å². The van der Waals surface area contributed by atoms with Crippen LogP contribution in [0.1, 0.15) is 49.4 Å². The number of halogens is 2. The number of nitrogens with two attached hydrogens (primary N) is 1. The van der Waals surface area contributed by atoms with Crippen molar-refractivity contribution in [3.63, 3.8) is 0 Å². The fraction of sp³-hybridized carbons (Fsp3) is 0.632. The molecule has 0 radical (unpaired) electrons. The zero-order valence-electron chi connectivity index (χ0n) is 15.4. The van der Waals surface area contributed by atoms with Gasteiger partial charge in [0.2, 0.25) is 0 Å². The minimum atomic E-state index is -1.01. The molecule has 1 atom stereocenters. The van der Waals surface area contributed by atoms with Gasteiger partial charge < -0.3 is 21.3 Å². The summed E-state index contributed by atoms with van der Waals surface area (Å²) >= 11 is 0. The van der Waals surface area contributed by atoms with Crippen molar-refractivity contribution in [1.29, 1.82) is 0 Å². The zero-order valence-corrected chi connectivity index (χ0v) is 15.4. The highest BCUT2D eigenvalue weighted by Gasteiger charge is 2.31. The minimum Gasteiger partial charge on any atom is -0.397 e. The second-order valence-corrected chi connectivity index (χ2v) is 7.56. The lowest BCUT2D eigenvalue weighted by Crippen LogP contribution is -2.38. The highest BCUT2D eigenvalue weighted by molar-refractivity contribution is 6.02. The van der Waals surface area contributed by atoms with E-state index in [4.69, 9.17) is 5.73 Å². The Balaban J connectivity index is 1.90. The Labute approximate surface area is 153 Å². The van der Waals surface area contributed by atoms with Crippen LogP contribution in [0.4, 0.5) is 25.8 Å². The number of nitrogens with one attached hydrogen (secondary N) is 2. The number of amides is 1. The molecule has 0 unspecified atom stereocenters. The van der Waals surface area contributed by atoms with E-state index in [2.05, 4.69) is 17.6 Å². The maximum Gasteiger partial charge on any atom is 0.253 e. The summed E-state index contributed by atoms with van der Waals surface area (Å²) in [7, 11) is 1.57. The normalized spacial score (nSPS) is 26.0. The van der Waals surface area contributed by atoms with Gasteiger partial charge in [0.05, 0.1) is 22.6 Å². The third kappa shape index (κ3) is 3.71. The van der Waals surface area contributed by atoms with Crippen molar-refractivity contribution in [2.75, 3.05) is 36.1 Å². The number of anilines is 3. The molecule has 4 N–H and O–H groups in total. The monoisotopic (exact) mass is 366 g/mol. The van der Waals surface area contributed by atoms with Gasteiger partial charge in [0.1, 0.15) is 6.17 Å². The second kappa shape index (κ2) is 7.68. The Hall–Kier alpha value is -2.05. The van der Waals surface area contributed by atoms with E-state index in [0.717, 1.165) is 25.7 Å². The number of carbonyl (C=O) groups excluding carboxylic acids is 1. The molecule has 2 fully saturated rings. The van der Waals surface area contributed by atoms with E-state index in [1.807, 2.05) is 0 Å². The van der Waals surface area contributed by atoms with E-state index in [1.54, 1.807) is 11.9 Å². The van der Waals surface area contributed by atoms with E-state index in [1.165, 1.54) is 6.07 Å². The summed E-state index contributed by atoms with van der Waals surface area (Å²) in [6.07, 6.45) is 3.31. The van der Waals surface area contributed by atoms with E-state index >= 15 is 4.39 Å². The topological polar surface area (TPSA) is 70.4 Å². The molecule has 1 amide bonds. The summed E-state index contributed by atoms with van der Waals surface area (Å²) in [5.41, 5.74) is 6.59. The Kier molecular flexibility index (Phi) is 5.53. The summed E-state index contributed by atoms with van der Waals surface area (Å²) in [4.78, 5) is 14.5.